The van der Waals surface area contributed by atoms with Crippen LogP contribution in [0.15, 0.2) is 0 Å². The average Bonchev–Trinajstić information content (AvgIpc) is 2.36. The fourth-order valence-corrected chi connectivity index (χ4v) is 3.81. The zero-order valence-electron chi connectivity index (χ0n) is 11.9. The van der Waals surface area contributed by atoms with Crippen LogP contribution in [0.1, 0.15) is 51.9 Å². The molecule has 18 heavy (non-hydrogen) atoms. The van der Waals surface area contributed by atoms with Crippen LogP contribution < -0.4 is 5.73 Å². The first kappa shape index (κ1) is 14.3. The Morgan fingerprint density at radius 1 is 1.22 bits per heavy atom. The molecule has 4 unspecified atom stereocenters. The summed E-state index contributed by atoms with van der Waals surface area (Å²) in [5.74, 6) is 1.52. The van der Waals surface area contributed by atoms with Gasteiger partial charge in [0.25, 0.3) is 0 Å². The van der Waals surface area contributed by atoms with Crippen LogP contribution in [-0.4, -0.2) is 41.8 Å². The molecule has 1 aliphatic heterocycles. The molecule has 3 nitrogen and oxygen atoms in total. The van der Waals surface area contributed by atoms with E-state index in [9.17, 15) is 5.11 Å². The fraction of sp³-hybridized carbons (Fsp3) is 1.00. The summed E-state index contributed by atoms with van der Waals surface area (Å²) in [6.07, 6.45) is 8.65. The Morgan fingerprint density at radius 3 is 2.83 bits per heavy atom. The number of rotatable bonds is 4. The maximum absolute atomic E-state index is 9.18. The minimum Gasteiger partial charge on any atom is -0.396 e. The Kier molecular flexibility index (Phi) is 5.46. The Bertz CT molecular complexity index is 245. The molecule has 1 heterocycles. The SMILES string of the molecule is CC1CCC(N)C(CN2CCCCC2CCO)C1. The van der Waals surface area contributed by atoms with Gasteiger partial charge in [0, 0.05) is 25.2 Å². The minimum atomic E-state index is 0.328. The molecule has 0 bridgehead atoms. The van der Waals surface area contributed by atoms with E-state index < -0.39 is 0 Å². The summed E-state index contributed by atoms with van der Waals surface area (Å²) in [6.45, 7) is 5.06. The van der Waals surface area contributed by atoms with Crippen molar-refractivity contribution in [1.29, 1.82) is 0 Å². The van der Waals surface area contributed by atoms with Crippen molar-refractivity contribution in [2.45, 2.75) is 64.0 Å². The number of hydrogen-bond acceptors (Lipinski definition) is 3. The Hall–Kier alpha value is -0.120. The van der Waals surface area contributed by atoms with Gasteiger partial charge in [-0.25, -0.2) is 0 Å². The molecule has 2 aliphatic rings. The number of hydrogen-bond donors (Lipinski definition) is 2. The maximum atomic E-state index is 9.18. The van der Waals surface area contributed by atoms with Gasteiger partial charge in [-0.1, -0.05) is 13.3 Å². The first-order chi connectivity index (χ1) is 8.70. The number of aliphatic hydroxyl groups is 1. The lowest BCUT2D eigenvalue weighted by atomic mass is 9.78. The predicted octanol–water partition coefficient (Wildman–Crippen LogP) is 1.99. The van der Waals surface area contributed by atoms with Crippen molar-refractivity contribution in [3.8, 4) is 0 Å². The molecule has 4 atom stereocenters. The largest absolute Gasteiger partial charge is 0.396 e. The summed E-state index contributed by atoms with van der Waals surface area (Å²) in [5, 5.41) is 9.18. The van der Waals surface area contributed by atoms with E-state index in [0.29, 0.717) is 24.6 Å². The van der Waals surface area contributed by atoms with Crippen LogP contribution in [0.25, 0.3) is 0 Å². The van der Waals surface area contributed by atoms with Crippen molar-refractivity contribution in [2.75, 3.05) is 19.7 Å². The highest BCUT2D eigenvalue weighted by molar-refractivity contribution is 4.86. The summed E-state index contributed by atoms with van der Waals surface area (Å²) in [7, 11) is 0. The smallest absolute Gasteiger partial charge is 0.0445 e. The summed E-state index contributed by atoms with van der Waals surface area (Å²) in [4.78, 5) is 2.61. The van der Waals surface area contributed by atoms with Gasteiger partial charge < -0.3 is 10.8 Å². The van der Waals surface area contributed by atoms with Gasteiger partial charge in [0.15, 0.2) is 0 Å². The maximum Gasteiger partial charge on any atom is 0.0445 e. The number of likely N-dealkylation sites (tertiary alicyclic amines) is 1. The topological polar surface area (TPSA) is 49.5 Å². The fourth-order valence-electron chi connectivity index (χ4n) is 3.81. The molecule has 2 rings (SSSR count). The number of piperidine rings is 1. The van der Waals surface area contributed by atoms with Crippen LogP contribution in [-0.2, 0) is 0 Å². The molecule has 1 aliphatic carbocycles. The number of nitrogens with zero attached hydrogens (tertiary/aromatic N) is 1. The molecule has 3 N–H and O–H groups in total. The van der Waals surface area contributed by atoms with Crippen LogP contribution >= 0.6 is 0 Å². The minimum absolute atomic E-state index is 0.328. The highest BCUT2D eigenvalue weighted by atomic mass is 16.3. The lowest BCUT2D eigenvalue weighted by Gasteiger charge is -2.41. The Labute approximate surface area is 112 Å². The van der Waals surface area contributed by atoms with E-state index in [1.807, 2.05) is 0 Å². The molecule has 3 heteroatoms. The quantitative estimate of drug-likeness (QED) is 0.806. The van der Waals surface area contributed by atoms with E-state index in [1.165, 1.54) is 45.1 Å². The summed E-state index contributed by atoms with van der Waals surface area (Å²) in [6, 6.07) is 1.01. The van der Waals surface area contributed by atoms with E-state index in [2.05, 4.69) is 11.8 Å². The molecule has 0 aromatic heterocycles. The molecular weight excluding hydrogens is 224 g/mol. The first-order valence-corrected chi connectivity index (χ1v) is 7.81. The van der Waals surface area contributed by atoms with Gasteiger partial charge in [-0.05, 0) is 56.9 Å². The van der Waals surface area contributed by atoms with E-state index >= 15 is 0 Å². The van der Waals surface area contributed by atoms with Gasteiger partial charge in [-0.15, -0.1) is 0 Å². The second-order valence-corrected chi connectivity index (χ2v) is 6.50. The summed E-state index contributed by atoms with van der Waals surface area (Å²) < 4.78 is 0. The zero-order chi connectivity index (χ0) is 13.0. The van der Waals surface area contributed by atoms with Crippen LogP contribution in [0.4, 0.5) is 0 Å². The molecule has 0 radical (unpaired) electrons. The van der Waals surface area contributed by atoms with Crippen molar-refractivity contribution in [3.63, 3.8) is 0 Å². The molecule has 0 amide bonds. The van der Waals surface area contributed by atoms with Crippen molar-refractivity contribution >= 4 is 0 Å². The third-order valence-electron chi connectivity index (χ3n) is 4.98. The van der Waals surface area contributed by atoms with Crippen LogP contribution in [0.2, 0.25) is 0 Å². The van der Waals surface area contributed by atoms with Gasteiger partial charge in [0.2, 0.25) is 0 Å². The standard InChI is InChI=1S/C15H30N2O/c1-12-5-6-15(16)13(10-12)11-17-8-3-2-4-14(17)7-9-18/h12-15,18H,2-11,16H2,1H3. The molecule has 1 saturated heterocycles. The van der Waals surface area contributed by atoms with Gasteiger partial charge in [0.1, 0.15) is 0 Å². The zero-order valence-corrected chi connectivity index (χ0v) is 11.9. The number of nitrogens with two attached hydrogens (primary N) is 1. The van der Waals surface area contributed by atoms with E-state index in [0.717, 1.165) is 18.9 Å². The Morgan fingerprint density at radius 2 is 2.06 bits per heavy atom. The molecule has 2 fully saturated rings. The molecule has 1 saturated carbocycles. The van der Waals surface area contributed by atoms with Gasteiger partial charge in [0.05, 0.1) is 0 Å². The molecule has 0 spiro atoms. The third-order valence-corrected chi connectivity index (χ3v) is 4.98. The van der Waals surface area contributed by atoms with Crippen molar-refractivity contribution in [1.82, 2.24) is 4.90 Å². The second kappa shape index (κ2) is 6.88. The lowest BCUT2D eigenvalue weighted by Crippen LogP contribution is -2.48. The molecular formula is C15H30N2O. The second-order valence-electron chi connectivity index (χ2n) is 6.50. The highest BCUT2D eigenvalue weighted by Gasteiger charge is 2.30. The van der Waals surface area contributed by atoms with Crippen LogP contribution in [0.5, 0.6) is 0 Å². The van der Waals surface area contributed by atoms with E-state index in [1.54, 1.807) is 0 Å². The lowest BCUT2D eigenvalue weighted by molar-refractivity contribution is 0.0806. The van der Waals surface area contributed by atoms with E-state index in [4.69, 9.17) is 5.73 Å². The van der Waals surface area contributed by atoms with Gasteiger partial charge >= 0.3 is 0 Å². The first-order valence-electron chi connectivity index (χ1n) is 7.81. The predicted molar refractivity (Wildman–Crippen MR) is 75.4 cm³/mol. The van der Waals surface area contributed by atoms with Crippen molar-refractivity contribution in [2.24, 2.45) is 17.6 Å². The Balaban J connectivity index is 1.88. The molecule has 0 aromatic carbocycles. The highest BCUT2D eigenvalue weighted by Crippen LogP contribution is 2.30. The summed E-state index contributed by atoms with van der Waals surface area (Å²) >= 11 is 0. The van der Waals surface area contributed by atoms with Gasteiger partial charge in [-0.2, -0.15) is 0 Å². The third kappa shape index (κ3) is 3.69. The van der Waals surface area contributed by atoms with Gasteiger partial charge in [-0.3, -0.25) is 4.90 Å². The summed E-state index contributed by atoms with van der Waals surface area (Å²) in [5.41, 5.74) is 6.30. The van der Waals surface area contributed by atoms with Crippen LogP contribution in [0, 0.1) is 11.8 Å². The average molecular weight is 254 g/mol. The molecule has 106 valence electrons. The molecule has 0 aromatic rings. The number of aliphatic hydroxyl groups excluding tert-OH is 1. The van der Waals surface area contributed by atoms with E-state index in [-0.39, 0.29) is 0 Å². The van der Waals surface area contributed by atoms with Crippen molar-refractivity contribution in [3.05, 3.63) is 0 Å². The van der Waals surface area contributed by atoms with Crippen LogP contribution in [0.3, 0.4) is 0 Å². The normalized spacial score (nSPS) is 38.8. The van der Waals surface area contributed by atoms with Crippen molar-refractivity contribution < 1.29 is 5.11 Å². The monoisotopic (exact) mass is 254 g/mol.